The molecule has 0 aromatic heterocycles. The van der Waals surface area contributed by atoms with Gasteiger partial charge in [-0.3, -0.25) is 0 Å². The van der Waals surface area contributed by atoms with Crippen LogP contribution in [0.2, 0.25) is 0 Å². The van der Waals surface area contributed by atoms with Crippen molar-refractivity contribution >= 4 is 21.6 Å². The molecular formula is C6H14N4S2. The molecule has 4 nitrogen and oxygen atoms in total. The molecule has 0 aromatic carbocycles. The summed E-state index contributed by atoms with van der Waals surface area (Å²) in [6.45, 7) is 2.25. The second-order valence-corrected chi connectivity index (χ2v) is 5.52. The topological polar surface area (TPSA) is 13.0 Å². The maximum Gasteiger partial charge on any atom is 0.0420 e. The van der Waals surface area contributed by atoms with Gasteiger partial charge in [-0.1, -0.05) is 21.6 Å². The average Bonchev–Trinajstić information content (AvgIpc) is 2.04. The van der Waals surface area contributed by atoms with Crippen LogP contribution in [0.25, 0.3) is 0 Å². The van der Waals surface area contributed by atoms with Crippen molar-refractivity contribution in [1.82, 2.24) is 20.5 Å². The second-order valence-electron chi connectivity index (χ2n) is 2.81. The minimum atomic E-state index is 1.12. The zero-order chi connectivity index (χ0) is 8.55. The molecule has 2 heterocycles. The van der Waals surface area contributed by atoms with Gasteiger partial charge in [0.15, 0.2) is 0 Å². The molecule has 0 saturated carbocycles. The van der Waals surface area contributed by atoms with Crippen molar-refractivity contribution in [3.8, 4) is 0 Å². The summed E-state index contributed by atoms with van der Waals surface area (Å²) in [7, 11) is 8.14. The number of rotatable bonds is 0. The van der Waals surface area contributed by atoms with Gasteiger partial charge in [0, 0.05) is 38.7 Å². The molecule has 0 unspecified atom stereocenters. The van der Waals surface area contributed by atoms with Crippen LogP contribution < -0.4 is 0 Å². The molecule has 0 atom stereocenters. The van der Waals surface area contributed by atoms with Crippen LogP contribution in [0, 0.1) is 0 Å². The molecule has 0 bridgehead atoms. The molecule has 0 aromatic rings. The summed E-state index contributed by atoms with van der Waals surface area (Å²) in [6, 6.07) is 0. The third-order valence-corrected chi connectivity index (χ3v) is 4.55. The summed E-state index contributed by atoms with van der Waals surface area (Å²) in [5.41, 5.74) is 0. The largest absolute Gasteiger partial charge is 0.148 e. The van der Waals surface area contributed by atoms with Crippen LogP contribution in [0.4, 0.5) is 0 Å². The van der Waals surface area contributed by atoms with Crippen LogP contribution in [-0.4, -0.2) is 59.2 Å². The highest BCUT2D eigenvalue weighted by molar-refractivity contribution is 8.76. The Morgan fingerprint density at radius 2 is 1.25 bits per heavy atom. The first-order valence-electron chi connectivity index (χ1n) is 4.07. The summed E-state index contributed by atoms with van der Waals surface area (Å²) in [4.78, 5) is 0. The summed E-state index contributed by atoms with van der Waals surface area (Å²) >= 11 is 0. The highest BCUT2D eigenvalue weighted by Crippen LogP contribution is 2.28. The van der Waals surface area contributed by atoms with Gasteiger partial charge in [0.2, 0.25) is 0 Å². The van der Waals surface area contributed by atoms with Gasteiger partial charge >= 0.3 is 0 Å². The third-order valence-electron chi connectivity index (χ3n) is 2.19. The smallest absolute Gasteiger partial charge is 0.0420 e. The Labute approximate surface area is 81.1 Å². The van der Waals surface area contributed by atoms with E-state index in [-0.39, 0.29) is 0 Å². The van der Waals surface area contributed by atoms with E-state index in [2.05, 4.69) is 34.6 Å². The second kappa shape index (κ2) is 3.73. The van der Waals surface area contributed by atoms with E-state index in [9.17, 15) is 0 Å². The summed E-state index contributed by atoms with van der Waals surface area (Å²) in [5.74, 6) is 2.42. The Bertz CT molecular complexity index is 150. The predicted octanol–water partition coefficient (Wildman–Crippen LogP) is 0.523. The van der Waals surface area contributed by atoms with Gasteiger partial charge in [0.25, 0.3) is 0 Å². The standard InChI is InChI=1S/C6H14N4S2/c1-7-8(2)10-4-6-12-11-5-3-9(7)10/h3-6H2,1-2H3. The molecule has 2 aliphatic heterocycles. The molecule has 0 radical (unpaired) electrons. The number of hydrazine groups is 4. The molecule has 70 valence electrons. The van der Waals surface area contributed by atoms with Crippen molar-refractivity contribution in [2.45, 2.75) is 0 Å². The van der Waals surface area contributed by atoms with E-state index in [1.807, 2.05) is 21.6 Å². The van der Waals surface area contributed by atoms with Crippen LogP contribution >= 0.6 is 21.6 Å². The Balaban J connectivity index is 1.93. The zero-order valence-electron chi connectivity index (χ0n) is 7.43. The Morgan fingerprint density at radius 3 is 1.67 bits per heavy atom. The van der Waals surface area contributed by atoms with Gasteiger partial charge in [0.1, 0.15) is 0 Å². The van der Waals surface area contributed by atoms with Gasteiger partial charge in [-0.05, 0) is 0 Å². The molecule has 2 rings (SSSR count). The molecule has 0 N–H and O–H groups in total. The van der Waals surface area contributed by atoms with E-state index in [4.69, 9.17) is 0 Å². The van der Waals surface area contributed by atoms with E-state index in [1.54, 1.807) is 0 Å². The van der Waals surface area contributed by atoms with Gasteiger partial charge in [-0.15, -0.1) is 20.5 Å². The first-order chi connectivity index (χ1) is 5.80. The monoisotopic (exact) mass is 206 g/mol. The SMILES string of the molecule is CN1N(C)N2CCSSCCN12. The lowest BCUT2D eigenvalue weighted by molar-refractivity contribution is -0.485. The number of hydrogen-bond acceptors (Lipinski definition) is 6. The summed E-state index contributed by atoms with van der Waals surface area (Å²) in [6.07, 6.45) is 0. The van der Waals surface area contributed by atoms with Crippen molar-refractivity contribution < 1.29 is 0 Å². The maximum absolute atomic E-state index is 2.28. The lowest BCUT2D eigenvalue weighted by Gasteiger charge is -2.58. The van der Waals surface area contributed by atoms with E-state index < -0.39 is 0 Å². The highest BCUT2D eigenvalue weighted by atomic mass is 33.1. The first-order valence-corrected chi connectivity index (χ1v) is 6.56. The normalized spacial score (nSPS) is 30.5. The fourth-order valence-electron chi connectivity index (χ4n) is 1.44. The van der Waals surface area contributed by atoms with E-state index in [0.717, 1.165) is 13.1 Å². The Morgan fingerprint density at radius 1 is 0.833 bits per heavy atom. The van der Waals surface area contributed by atoms with Crippen molar-refractivity contribution in [3.63, 3.8) is 0 Å². The third kappa shape index (κ3) is 1.47. The number of nitrogens with zero attached hydrogens (tertiary/aromatic N) is 4. The van der Waals surface area contributed by atoms with Gasteiger partial charge < -0.3 is 0 Å². The van der Waals surface area contributed by atoms with Crippen LogP contribution in [0.15, 0.2) is 0 Å². The molecule has 0 spiro atoms. The van der Waals surface area contributed by atoms with Crippen LogP contribution in [0.3, 0.4) is 0 Å². The van der Waals surface area contributed by atoms with E-state index in [1.165, 1.54) is 11.5 Å². The molecular weight excluding hydrogens is 192 g/mol. The van der Waals surface area contributed by atoms with Crippen molar-refractivity contribution in [2.24, 2.45) is 0 Å². The maximum atomic E-state index is 2.28. The van der Waals surface area contributed by atoms with Crippen molar-refractivity contribution in [2.75, 3.05) is 38.7 Å². The molecule has 0 amide bonds. The summed E-state index contributed by atoms with van der Waals surface area (Å²) < 4.78 is 0. The van der Waals surface area contributed by atoms with Gasteiger partial charge in [-0.25, -0.2) is 0 Å². The minimum absolute atomic E-state index is 1.12. The quantitative estimate of drug-likeness (QED) is 0.532. The summed E-state index contributed by atoms with van der Waals surface area (Å²) in [5, 5.41) is 8.87. The lowest BCUT2D eigenvalue weighted by Crippen LogP contribution is -2.75. The first kappa shape index (κ1) is 9.11. The molecule has 2 fully saturated rings. The predicted molar refractivity (Wildman–Crippen MR) is 53.9 cm³/mol. The van der Waals surface area contributed by atoms with Crippen LogP contribution in [-0.2, 0) is 0 Å². The van der Waals surface area contributed by atoms with Crippen LogP contribution in [0.1, 0.15) is 0 Å². The molecule has 2 aliphatic rings. The highest BCUT2D eigenvalue weighted by Gasteiger charge is 2.37. The van der Waals surface area contributed by atoms with Gasteiger partial charge in [0.05, 0.1) is 0 Å². The Hall–Kier alpha value is 0.540. The van der Waals surface area contributed by atoms with E-state index in [0.29, 0.717) is 0 Å². The molecule has 12 heavy (non-hydrogen) atoms. The fourth-order valence-corrected chi connectivity index (χ4v) is 3.31. The lowest BCUT2D eigenvalue weighted by atomic mass is 10.7. The molecule has 0 aliphatic carbocycles. The van der Waals surface area contributed by atoms with Gasteiger partial charge in [-0.2, -0.15) is 0 Å². The molecule has 2 saturated heterocycles. The number of hydrogen-bond donors (Lipinski definition) is 0. The zero-order valence-corrected chi connectivity index (χ0v) is 9.07. The van der Waals surface area contributed by atoms with Crippen LogP contribution in [0.5, 0.6) is 0 Å². The minimum Gasteiger partial charge on any atom is -0.148 e. The fraction of sp³-hybridized carbons (Fsp3) is 1.00. The number of fused-ring (bicyclic) bond motifs is 1. The molecule has 6 heteroatoms. The average molecular weight is 206 g/mol. The van der Waals surface area contributed by atoms with Crippen molar-refractivity contribution in [1.29, 1.82) is 0 Å². The Kier molecular flexibility index (Phi) is 2.83. The van der Waals surface area contributed by atoms with E-state index >= 15 is 0 Å². The van der Waals surface area contributed by atoms with Crippen molar-refractivity contribution in [3.05, 3.63) is 0 Å².